The van der Waals surface area contributed by atoms with Gasteiger partial charge in [0, 0.05) is 36.5 Å². The van der Waals surface area contributed by atoms with E-state index in [9.17, 15) is 24.6 Å². The molecule has 4 aromatic carbocycles. The van der Waals surface area contributed by atoms with Gasteiger partial charge in [0.1, 0.15) is 5.60 Å². The van der Waals surface area contributed by atoms with Crippen LogP contribution in [0.4, 0.5) is 25.8 Å². The number of hydrogen-bond acceptors (Lipinski definition) is 7. The standard InChI is InChI=1S/C24H31Cl2N3O4.C19H23Cl2N3O2.ClH/c1-15(2)29(14-21(30)17-8-11-19(25)20(26)12-17)22(31)28-18-9-6-16(7-10-18)13-27-23(32)33-24(3,4)5;1-12(2)24(11-18(25)14-5-8-16(20)17(21)9-14)19(26)23-15-6-3-13(10-22)4-7-15;/h6-12,15,21,30H,13-14H2,1-5H3,(H,27,32)(H,28,31);3-9,12,18,25H,10-11,22H2,1-2H3,(H,23,26);1H/t21-;18-;/m11./s1. The number of carbonyl (C=O) groups is 3. The number of rotatable bonds is 13. The van der Waals surface area contributed by atoms with Crippen LogP contribution in [0, 0.1) is 0 Å². The van der Waals surface area contributed by atoms with Gasteiger partial charge in [-0.1, -0.05) is 82.8 Å². The lowest BCUT2D eigenvalue weighted by Crippen LogP contribution is -2.42. The minimum Gasteiger partial charge on any atom is -0.444 e. The molecule has 17 heteroatoms. The second-order valence-electron chi connectivity index (χ2n) is 15.2. The number of aliphatic hydroxyl groups excluding tert-OH is 2. The number of aliphatic hydroxyl groups is 2. The SMILES string of the molecule is CC(C)N(C[C@@H](O)c1ccc(Cl)c(Cl)c1)C(=O)Nc1ccc(CN)cc1.CC(C)N(C[C@@H](O)c1ccc(Cl)c(Cl)c1)C(=O)Nc1ccc(CNC(=O)OC(C)(C)C)cc1.Cl. The summed E-state index contributed by atoms with van der Waals surface area (Å²) in [6.45, 7) is 13.9. The molecule has 0 fully saturated rings. The molecule has 0 radical (unpaired) electrons. The molecule has 0 spiro atoms. The van der Waals surface area contributed by atoms with Gasteiger partial charge >= 0.3 is 18.2 Å². The molecule has 0 bridgehead atoms. The van der Waals surface area contributed by atoms with Gasteiger partial charge in [-0.25, -0.2) is 14.4 Å². The van der Waals surface area contributed by atoms with Gasteiger partial charge in [-0.3, -0.25) is 0 Å². The quantitative estimate of drug-likeness (QED) is 0.0775. The van der Waals surface area contributed by atoms with E-state index in [-0.39, 0.29) is 49.6 Å². The van der Waals surface area contributed by atoms with E-state index in [4.69, 9.17) is 56.9 Å². The van der Waals surface area contributed by atoms with Gasteiger partial charge < -0.3 is 46.4 Å². The summed E-state index contributed by atoms with van der Waals surface area (Å²) in [6.07, 6.45) is -2.29. The lowest BCUT2D eigenvalue weighted by molar-refractivity contribution is 0.0523. The lowest BCUT2D eigenvalue weighted by atomic mass is 10.1. The van der Waals surface area contributed by atoms with E-state index in [1.165, 1.54) is 4.90 Å². The Kier molecular flexibility index (Phi) is 21.3. The first-order chi connectivity index (χ1) is 27.7. The molecule has 0 aromatic heterocycles. The summed E-state index contributed by atoms with van der Waals surface area (Å²) in [5.74, 6) is 0. The second-order valence-corrected chi connectivity index (χ2v) is 16.8. The molecule has 0 heterocycles. The van der Waals surface area contributed by atoms with Crippen molar-refractivity contribution in [3.05, 3.63) is 127 Å². The number of halogens is 5. The molecule has 0 unspecified atom stereocenters. The van der Waals surface area contributed by atoms with Crippen molar-refractivity contribution >= 4 is 88.3 Å². The summed E-state index contributed by atoms with van der Waals surface area (Å²) >= 11 is 23.9. The molecule has 5 amide bonds. The maximum absolute atomic E-state index is 12.9. The molecule has 328 valence electrons. The number of anilines is 2. The molecule has 0 aliphatic rings. The smallest absolute Gasteiger partial charge is 0.407 e. The van der Waals surface area contributed by atoms with Crippen LogP contribution in [0.1, 0.15) is 82.9 Å². The normalized spacial score (nSPS) is 12.0. The fourth-order valence-corrected chi connectivity index (χ4v) is 6.00. The predicted molar refractivity (Wildman–Crippen MR) is 246 cm³/mol. The summed E-state index contributed by atoms with van der Waals surface area (Å²) in [5.41, 5.74) is 9.29. The molecule has 0 aliphatic heterocycles. The van der Waals surface area contributed by atoms with Crippen molar-refractivity contribution in [1.82, 2.24) is 15.1 Å². The van der Waals surface area contributed by atoms with Crippen molar-refractivity contribution in [2.45, 2.75) is 91.4 Å². The van der Waals surface area contributed by atoms with Crippen LogP contribution in [0.3, 0.4) is 0 Å². The summed E-state index contributed by atoms with van der Waals surface area (Å²) in [5, 5.41) is 31.0. The predicted octanol–water partition coefficient (Wildman–Crippen LogP) is 10.8. The summed E-state index contributed by atoms with van der Waals surface area (Å²) in [6, 6.07) is 23.3. The highest BCUT2D eigenvalue weighted by Crippen LogP contribution is 2.28. The van der Waals surface area contributed by atoms with Gasteiger partial charge in [-0.15, -0.1) is 12.4 Å². The highest BCUT2D eigenvalue weighted by molar-refractivity contribution is 6.42. The van der Waals surface area contributed by atoms with Crippen molar-refractivity contribution in [3.63, 3.8) is 0 Å². The van der Waals surface area contributed by atoms with Crippen molar-refractivity contribution < 1.29 is 29.3 Å². The summed E-state index contributed by atoms with van der Waals surface area (Å²) in [4.78, 5) is 40.4. The fourth-order valence-electron chi connectivity index (χ4n) is 5.39. The molecule has 0 saturated heterocycles. The first-order valence-electron chi connectivity index (χ1n) is 18.9. The molecule has 12 nitrogen and oxygen atoms in total. The van der Waals surface area contributed by atoms with E-state index in [1.807, 2.05) is 39.8 Å². The van der Waals surface area contributed by atoms with Gasteiger partial charge in [0.15, 0.2) is 0 Å². The minimum atomic E-state index is -0.922. The third-order valence-corrected chi connectivity index (χ3v) is 10.1. The zero-order valence-corrected chi connectivity index (χ0v) is 38.5. The number of nitrogens with one attached hydrogen (secondary N) is 3. The zero-order chi connectivity index (χ0) is 44.0. The highest BCUT2D eigenvalue weighted by Gasteiger charge is 2.24. The van der Waals surface area contributed by atoms with E-state index in [0.717, 1.165) is 11.1 Å². The fraction of sp³-hybridized carbons (Fsp3) is 0.372. The minimum absolute atomic E-state index is 0. The van der Waals surface area contributed by atoms with Crippen LogP contribution in [0.5, 0.6) is 0 Å². The van der Waals surface area contributed by atoms with Crippen LogP contribution in [-0.4, -0.2) is 68.9 Å². The number of benzene rings is 4. The van der Waals surface area contributed by atoms with Crippen LogP contribution >= 0.6 is 58.8 Å². The number of ether oxygens (including phenoxy) is 1. The van der Waals surface area contributed by atoms with E-state index in [2.05, 4.69) is 16.0 Å². The number of nitrogens with two attached hydrogens (primary N) is 1. The number of amides is 5. The molecule has 0 aliphatic carbocycles. The Morgan fingerprint density at radius 3 is 1.37 bits per heavy atom. The third-order valence-electron chi connectivity index (χ3n) is 8.65. The van der Waals surface area contributed by atoms with Crippen molar-refractivity contribution in [1.29, 1.82) is 0 Å². The molecular weight excluding hydrogens is 874 g/mol. The van der Waals surface area contributed by atoms with Gasteiger partial charge in [-0.2, -0.15) is 0 Å². The maximum atomic E-state index is 12.9. The Morgan fingerprint density at radius 2 is 1.03 bits per heavy atom. The average Bonchev–Trinajstić information content (AvgIpc) is 3.17. The Bertz CT molecular complexity index is 2000. The van der Waals surface area contributed by atoms with Crippen molar-refractivity contribution in [2.75, 3.05) is 23.7 Å². The van der Waals surface area contributed by atoms with Gasteiger partial charge in [0.05, 0.1) is 45.4 Å². The van der Waals surface area contributed by atoms with E-state index in [0.29, 0.717) is 55.7 Å². The third kappa shape index (κ3) is 17.2. The Morgan fingerprint density at radius 1 is 0.650 bits per heavy atom. The molecule has 60 heavy (non-hydrogen) atoms. The van der Waals surface area contributed by atoms with Gasteiger partial charge in [-0.05, 0) is 119 Å². The highest BCUT2D eigenvalue weighted by atomic mass is 35.5. The van der Waals surface area contributed by atoms with Crippen LogP contribution in [0.15, 0.2) is 84.9 Å². The molecular formula is C43H55Cl5N6O6. The summed E-state index contributed by atoms with van der Waals surface area (Å²) in [7, 11) is 0. The van der Waals surface area contributed by atoms with Crippen LogP contribution in [0.2, 0.25) is 20.1 Å². The summed E-state index contributed by atoms with van der Waals surface area (Å²) < 4.78 is 5.21. The largest absolute Gasteiger partial charge is 0.444 e. The van der Waals surface area contributed by atoms with Gasteiger partial charge in [0.2, 0.25) is 0 Å². The van der Waals surface area contributed by atoms with E-state index in [1.54, 1.807) is 98.5 Å². The number of alkyl carbamates (subject to hydrolysis) is 1. The van der Waals surface area contributed by atoms with Gasteiger partial charge in [0.25, 0.3) is 0 Å². The lowest BCUT2D eigenvalue weighted by Gasteiger charge is -2.29. The number of carbonyl (C=O) groups excluding carboxylic acids is 3. The van der Waals surface area contributed by atoms with Crippen LogP contribution in [-0.2, 0) is 17.8 Å². The average molecular weight is 929 g/mol. The number of hydrogen-bond donors (Lipinski definition) is 6. The zero-order valence-electron chi connectivity index (χ0n) is 34.6. The monoisotopic (exact) mass is 926 g/mol. The second kappa shape index (κ2) is 24.5. The van der Waals surface area contributed by atoms with E-state index >= 15 is 0 Å². The number of urea groups is 2. The maximum Gasteiger partial charge on any atom is 0.407 e. The molecule has 7 N–H and O–H groups in total. The Hall–Kier alpha value is -3.98. The Labute approximate surface area is 379 Å². The Balaban J connectivity index is 0.000000418. The molecule has 2 atom stereocenters. The first-order valence-corrected chi connectivity index (χ1v) is 20.4. The van der Waals surface area contributed by atoms with Crippen molar-refractivity contribution in [2.24, 2.45) is 5.73 Å². The first kappa shape index (κ1) is 52.2. The van der Waals surface area contributed by atoms with Crippen molar-refractivity contribution in [3.8, 4) is 0 Å². The van der Waals surface area contributed by atoms with E-state index < -0.39 is 23.9 Å². The molecule has 4 aromatic rings. The molecule has 4 rings (SSSR count). The topological polar surface area (TPSA) is 169 Å². The van der Waals surface area contributed by atoms with Crippen LogP contribution < -0.4 is 21.7 Å². The molecule has 0 saturated carbocycles. The number of nitrogens with zero attached hydrogens (tertiary/aromatic N) is 2. The van der Waals surface area contributed by atoms with Crippen LogP contribution in [0.25, 0.3) is 0 Å².